The molecule has 0 radical (unpaired) electrons. The zero-order valence-electron chi connectivity index (χ0n) is 16.7. The summed E-state index contributed by atoms with van der Waals surface area (Å²) in [6, 6.07) is 4.00. The van der Waals surface area contributed by atoms with Crippen molar-refractivity contribution in [3.05, 3.63) is 23.9 Å². The largest absolute Gasteiger partial charge is 0.474 e. The molecule has 0 spiro atoms. The molecule has 2 fully saturated rings. The average Bonchev–Trinajstić information content (AvgIpc) is 3.39. The van der Waals surface area contributed by atoms with Crippen molar-refractivity contribution in [2.24, 2.45) is 4.99 Å². The van der Waals surface area contributed by atoms with Crippen LogP contribution in [0.2, 0.25) is 0 Å². The summed E-state index contributed by atoms with van der Waals surface area (Å²) in [5.74, 6) is 1.51. The van der Waals surface area contributed by atoms with Crippen LogP contribution in [0.3, 0.4) is 0 Å². The molecule has 2 heterocycles. The fraction of sp³-hybridized carbons (Fsp3) is 0.700. The highest BCUT2D eigenvalue weighted by atomic mass is 127. The van der Waals surface area contributed by atoms with E-state index in [-0.39, 0.29) is 30.1 Å². The minimum Gasteiger partial charge on any atom is -0.474 e. The highest BCUT2D eigenvalue weighted by molar-refractivity contribution is 14.0. The number of aliphatic imine (C=N–C) groups is 1. The van der Waals surface area contributed by atoms with Gasteiger partial charge in [0.1, 0.15) is 6.10 Å². The Morgan fingerprint density at radius 1 is 1.21 bits per heavy atom. The van der Waals surface area contributed by atoms with Crippen LogP contribution in [-0.2, 0) is 16.0 Å². The van der Waals surface area contributed by atoms with Gasteiger partial charge in [-0.2, -0.15) is 0 Å². The number of hydrogen-bond acceptors (Lipinski definition) is 5. The normalized spacial score (nSPS) is 20.0. The van der Waals surface area contributed by atoms with Crippen molar-refractivity contribution in [1.82, 2.24) is 15.6 Å². The summed E-state index contributed by atoms with van der Waals surface area (Å²) < 4.78 is 17.0. The van der Waals surface area contributed by atoms with Crippen LogP contribution in [0.4, 0.5) is 0 Å². The zero-order chi connectivity index (χ0) is 18.7. The summed E-state index contributed by atoms with van der Waals surface area (Å²) in [6.07, 6.45) is 9.24. The van der Waals surface area contributed by atoms with Crippen LogP contribution in [0, 0.1) is 0 Å². The number of pyridine rings is 1. The van der Waals surface area contributed by atoms with Crippen LogP contribution < -0.4 is 15.4 Å². The summed E-state index contributed by atoms with van der Waals surface area (Å²) in [5, 5.41) is 6.61. The first kappa shape index (κ1) is 23.2. The van der Waals surface area contributed by atoms with E-state index < -0.39 is 0 Å². The van der Waals surface area contributed by atoms with Gasteiger partial charge in [0.05, 0.1) is 12.7 Å². The minimum absolute atomic E-state index is 0. The van der Waals surface area contributed by atoms with Crippen LogP contribution in [0.25, 0.3) is 0 Å². The van der Waals surface area contributed by atoms with Gasteiger partial charge >= 0.3 is 0 Å². The van der Waals surface area contributed by atoms with Gasteiger partial charge in [0, 0.05) is 45.6 Å². The number of ether oxygens (including phenoxy) is 3. The molecule has 1 saturated carbocycles. The smallest absolute Gasteiger partial charge is 0.213 e. The summed E-state index contributed by atoms with van der Waals surface area (Å²) in [7, 11) is 1.78. The number of rotatable bonds is 9. The van der Waals surface area contributed by atoms with Gasteiger partial charge in [0.25, 0.3) is 0 Å². The standard InChI is InChI=1S/C20H32N4O3.HI/c1-21-20(22-10-4-11-26-18-9-12-25-15-18)24-14-16-7-8-19(23-13-16)27-17-5-2-3-6-17;/h7-8,13,17-18H,2-6,9-12,14-15H2,1H3,(H2,21,22,24);1H. The Morgan fingerprint density at radius 3 is 2.75 bits per heavy atom. The van der Waals surface area contributed by atoms with E-state index in [4.69, 9.17) is 14.2 Å². The fourth-order valence-electron chi connectivity index (χ4n) is 3.34. The van der Waals surface area contributed by atoms with Crippen molar-refractivity contribution in [1.29, 1.82) is 0 Å². The first-order valence-corrected chi connectivity index (χ1v) is 10.1. The van der Waals surface area contributed by atoms with Crippen molar-refractivity contribution in [3.8, 4) is 5.88 Å². The number of nitrogens with zero attached hydrogens (tertiary/aromatic N) is 2. The number of aromatic nitrogens is 1. The highest BCUT2D eigenvalue weighted by Gasteiger charge is 2.17. The predicted octanol–water partition coefficient (Wildman–Crippen LogP) is 2.88. The maximum Gasteiger partial charge on any atom is 0.213 e. The molecule has 1 unspecified atom stereocenters. The second-order valence-corrected chi connectivity index (χ2v) is 7.09. The van der Waals surface area contributed by atoms with Crippen molar-refractivity contribution in [2.45, 2.75) is 57.3 Å². The summed E-state index contributed by atoms with van der Waals surface area (Å²) >= 11 is 0. The minimum atomic E-state index is 0. The third-order valence-corrected chi connectivity index (χ3v) is 4.93. The lowest BCUT2D eigenvalue weighted by atomic mass is 10.3. The van der Waals surface area contributed by atoms with Crippen LogP contribution in [0.1, 0.15) is 44.1 Å². The van der Waals surface area contributed by atoms with Crippen LogP contribution in [0.5, 0.6) is 5.88 Å². The third-order valence-electron chi connectivity index (χ3n) is 4.93. The maximum absolute atomic E-state index is 5.90. The molecule has 1 saturated heterocycles. The molecule has 2 N–H and O–H groups in total. The van der Waals surface area contributed by atoms with E-state index in [2.05, 4.69) is 26.7 Å². The Bertz CT molecular complexity index is 573. The van der Waals surface area contributed by atoms with Gasteiger partial charge in [-0.15, -0.1) is 24.0 Å². The maximum atomic E-state index is 5.90. The molecule has 1 atom stereocenters. The Balaban J connectivity index is 0.00000280. The molecule has 1 aromatic rings. The van der Waals surface area contributed by atoms with Gasteiger partial charge in [-0.25, -0.2) is 4.98 Å². The molecule has 7 nitrogen and oxygen atoms in total. The van der Waals surface area contributed by atoms with E-state index in [9.17, 15) is 0 Å². The zero-order valence-corrected chi connectivity index (χ0v) is 19.0. The van der Waals surface area contributed by atoms with Crippen LogP contribution in [0.15, 0.2) is 23.3 Å². The topological polar surface area (TPSA) is 77.0 Å². The van der Waals surface area contributed by atoms with E-state index >= 15 is 0 Å². The fourth-order valence-corrected chi connectivity index (χ4v) is 3.34. The average molecular weight is 504 g/mol. The number of hydrogen-bond donors (Lipinski definition) is 2. The van der Waals surface area contributed by atoms with Gasteiger partial charge in [-0.05, 0) is 44.1 Å². The Morgan fingerprint density at radius 2 is 2.07 bits per heavy atom. The molecule has 0 bridgehead atoms. The number of guanidine groups is 1. The second-order valence-electron chi connectivity index (χ2n) is 7.09. The number of nitrogens with one attached hydrogen (secondary N) is 2. The van der Waals surface area contributed by atoms with Gasteiger partial charge in [0.2, 0.25) is 5.88 Å². The monoisotopic (exact) mass is 504 g/mol. The first-order chi connectivity index (χ1) is 13.3. The van der Waals surface area contributed by atoms with Gasteiger partial charge in [-0.1, -0.05) is 6.07 Å². The summed E-state index contributed by atoms with van der Waals surface area (Å²) in [4.78, 5) is 8.67. The lowest BCUT2D eigenvalue weighted by molar-refractivity contribution is 0.0420. The van der Waals surface area contributed by atoms with E-state index in [1.165, 1.54) is 12.8 Å². The van der Waals surface area contributed by atoms with Crippen molar-refractivity contribution < 1.29 is 14.2 Å². The van der Waals surface area contributed by atoms with Gasteiger partial charge in [0.15, 0.2) is 5.96 Å². The Labute approximate surface area is 185 Å². The molecule has 0 amide bonds. The van der Waals surface area contributed by atoms with Gasteiger partial charge < -0.3 is 24.8 Å². The Hall–Kier alpha value is -1.13. The molecule has 8 heteroatoms. The lowest BCUT2D eigenvalue weighted by Gasteiger charge is -2.14. The summed E-state index contributed by atoms with van der Waals surface area (Å²) in [6.45, 7) is 3.79. The molecular weight excluding hydrogens is 471 g/mol. The van der Waals surface area contributed by atoms with Crippen molar-refractivity contribution >= 4 is 29.9 Å². The van der Waals surface area contributed by atoms with Crippen molar-refractivity contribution in [2.75, 3.05) is 33.4 Å². The molecule has 2 aliphatic rings. The van der Waals surface area contributed by atoms with E-state index in [0.29, 0.717) is 12.6 Å². The van der Waals surface area contributed by atoms with Crippen molar-refractivity contribution in [3.63, 3.8) is 0 Å². The van der Waals surface area contributed by atoms with E-state index in [1.807, 2.05) is 12.3 Å². The molecule has 1 aromatic heterocycles. The number of halogens is 1. The quantitative estimate of drug-likeness (QED) is 0.233. The molecule has 0 aromatic carbocycles. The molecular formula is C20H33IN4O3. The molecule has 3 rings (SSSR count). The van der Waals surface area contributed by atoms with E-state index in [0.717, 1.165) is 69.5 Å². The lowest BCUT2D eigenvalue weighted by Crippen LogP contribution is -2.37. The molecule has 1 aliphatic carbocycles. The second kappa shape index (κ2) is 13.2. The summed E-state index contributed by atoms with van der Waals surface area (Å²) in [5.41, 5.74) is 1.10. The van der Waals surface area contributed by atoms with Crippen LogP contribution in [-0.4, -0.2) is 56.6 Å². The molecule has 158 valence electrons. The van der Waals surface area contributed by atoms with Crippen LogP contribution >= 0.6 is 24.0 Å². The molecule has 1 aliphatic heterocycles. The molecule has 28 heavy (non-hydrogen) atoms. The highest BCUT2D eigenvalue weighted by Crippen LogP contribution is 2.22. The predicted molar refractivity (Wildman–Crippen MR) is 121 cm³/mol. The van der Waals surface area contributed by atoms with E-state index in [1.54, 1.807) is 7.05 Å². The Kier molecular flexibility index (Phi) is 10.9. The van der Waals surface area contributed by atoms with Gasteiger partial charge in [-0.3, -0.25) is 4.99 Å². The first-order valence-electron chi connectivity index (χ1n) is 10.1. The SMILES string of the molecule is CN=C(NCCCOC1CCOC1)NCc1ccc(OC2CCCC2)nc1.I. The third kappa shape index (κ3) is 8.08.